The lowest BCUT2D eigenvalue weighted by Gasteiger charge is -2.24. The van der Waals surface area contributed by atoms with Crippen molar-refractivity contribution in [1.82, 2.24) is 25.1 Å². The van der Waals surface area contributed by atoms with E-state index in [-0.39, 0.29) is 34.0 Å². The van der Waals surface area contributed by atoms with Gasteiger partial charge in [0.25, 0.3) is 17.7 Å². The van der Waals surface area contributed by atoms with Crippen LogP contribution in [0.25, 0.3) is 16.9 Å². The number of nitrogens with zero attached hydrogens (tertiary/aromatic N) is 4. The predicted molar refractivity (Wildman–Crippen MR) is 153 cm³/mol. The lowest BCUT2D eigenvalue weighted by molar-refractivity contribution is 0.0124. The van der Waals surface area contributed by atoms with Crippen LogP contribution in [0.3, 0.4) is 0 Å². The maximum Gasteiger partial charge on any atom is 0.288 e. The highest BCUT2D eigenvalue weighted by molar-refractivity contribution is 6.32. The Morgan fingerprint density at radius 1 is 1.05 bits per heavy atom. The summed E-state index contributed by atoms with van der Waals surface area (Å²) in [7, 11) is 0. The first-order valence-electron chi connectivity index (χ1n) is 13.4. The van der Waals surface area contributed by atoms with E-state index in [1.807, 2.05) is 44.2 Å². The van der Waals surface area contributed by atoms with Crippen molar-refractivity contribution in [2.75, 3.05) is 5.32 Å². The molecule has 1 aliphatic carbocycles. The second kappa shape index (κ2) is 11.4. The fraction of sp³-hybridized carbons (Fsp3) is 0.300. The highest BCUT2D eigenvalue weighted by atomic mass is 35.5. The number of hydrogen-bond donors (Lipinski definition) is 2. The van der Waals surface area contributed by atoms with E-state index in [9.17, 15) is 18.4 Å². The van der Waals surface area contributed by atoms with Gasteiger partial charge in [-0.1, -0.05) is 41.9 Å². The Morgan fingerprint density at radius 2 is 1.78 bits per heavy atom. The van der Waals surface area contributed by atoms with Gasteiger partial charge in [-0.2, -0.15) is 13.9 Å². The highest BCUT2D eigenvalue weighted by Gasteiger charge is 2.33. The van der Waals surface area contributed by atoms with Crippen LogP contribution in [0.5, 0.6) is 0 Å². The van der Waals surface area contributed by atoms with Crippen LogP contribution in [-0.2, 0) is 18.8 Å². The van der Waals surface area contributed by atoms with Crippen LogP contribution < -0.4 is 10.6 Å². The molecule has 2 N–H and O–H groups in total. The number of nitrogens with one attached hydrogen (secondary N) is 2. The van der Waals surface area contributed by atoms with Gasteiger partial charge in [0, 0.05) is 30.4 Å². The van der Waals surface area contributed by atoms with Gasteiger partial charge >= 0.3 is 0 Å². The highest BCUT2D eigenvalue weighted by Crippen LogP contribution is 2.37. The number of pyridine rings is 2. The van der Waals surface area contributed by atoms with Gasteiger partial charge in [-0.15, -0.1) is 0 Å². The number of hydrogen-bond acceptors (Lipinski definition) is 5. The average molecular weight is 579 g/mol. The quantitative estimate of drug-likeness (QED) is 0.265. The maximum atomic E-state index is 14.3. The molecule has 41 heavy (non-hydrogen) atoms. The van der Waals surface area contributed by atoms with Crippen molar-refractivity contribution in [2.24, 2.45) is 0 Å². The number of aryl methyl sites for hydroxylation is 1. The number of alkyl halides is 2. The second-order valence-electron chi connectivity index (χ2n) is 10.3. The summed E-state index contributed by atoms with van der Waals surface area (Å²) in [5.41, 5.74) is 2.60. The standard InChI is InChI=1S/C30H29ClF2N6O2/c1-17(2)35-29(41)25-24(18-10-5-4-6-11-18)19-12-7-8-14-21(19)36-26(25)37-28(40)22-16-23(30(3,32)33)38-39(22)27-20(31)13-9-15-34-27/h4-6,9-11,13,15-17H,7-8,12,14H2,1-3H3,(H,35,41)(H,36,37,40). The summed E-state index contributed by atoms with van der Waals surface area (Å²) in [6.07, 6.45) is 4.70. The molecule has 0 fully saturated rings. The van der Waals surface area contributed by atoms with E-state index in [1.165, 1.54) is 12.3 Å². The third-order valence-corrected chi connectivity index (χ3v) is 7.04. The lowest BCUT2D eigenvalue weighted by atomic mass is 9.86. The van der Waals surface area contributed by atoms with Gasteiger partial charge in [-0.05, 0) is 68.9 Å². The molecular formula is C30H29ClF2N6O2. The number of fused-ring (bicyclic) bond motifs is 1. The Labute approximate surface area is 241 Å². The number of benzene rings is 1. The molecule has 3 aromatic heterocycles. The number of carbonyl (C=O) groups is 2. The van der Waals surface area contributed by atoms with Crippen molar-refractivity contribution < 1.29 is 18.4 Å². The Balaban J connectivity index is 1.69. The SMILES string of the molecule is CC(C)NC(=O)c1c(NC(=O)c2cc(C(C)(F)F)nn2-c2ncccc2Cl)nc2c(c1-c1ccccc1)CCCC2. The van der Waals surface area contributed by atoms with Gasteiger partial charge in [0.05, 0.1) is 10.6 Å². The molecule has 8 nitrogen and oxygen atoms in total. The first kappa shape index (κ1) is 28.4. The van der Waals surface area contributed by atoms with Crippen molar-refractivity contribution in [3.63, 3.8) is 0 Å². The Bertz CT molecular complexity index is 1620. The fourth-order valence-corrected chi connectivity index (χ4v) is 5.14. The molecule has 4 aromatic rings. The van der Waals surface area contributed by atoms with E-state index >= 15 is 0 Å². The zero-order chi connectivity index (χ0) is 29.3. The molecular weight excluding hydrogens is 550 g/mol. The summed E-state index contributed by atoms with van der Waals surface area (Å²) in [6.45, 7) is 4.37. The molecule has 11 heteroatoms. The molecule has 3 heterocycles. The lowest BCUT2D eigenvalue weighted by Crippen LogP contribution is -2.33. The van der Waals surface area contributed by atoms with Crippen molar-refractivity contribution in [1.29, 1.82) is 0 Å². The summed E-state index contributed by atoms with van der Waals surface area (Å²) in [4.78, 5) is 36.4. The zero-order valence-corrected chi connectivity index (χ0v) is 23.6. The van der Waals surface area contributed by atoms with Crippen LogP contribution in [0.15, 0.2) is 54.7 Å². The molecule has 0 saturated carbocycles. The van der Waals surface area contributed by atoms with Crippen LogP contribution in [0.4, 0.5) is 14.6 Å². The van der Waals surface area contributed by atoms with E-state index in [0.29, 0.717) is 18.9 Å². The molecule has 2 amide bonds. The smallest absolute Gasteiger partial charge is 0.288 e. The molecule has 0 atom stereocenters. The molecule has 0 aliphatic heterocycles. The van der Waals surface area contributed by atoms with E-state index in [0.717, 1.165) is 46.8 Å². The van der Waals surface area contributed by atoms with Crippen LogP contribution in [0.1, 0.15) is 71.4 Å². The summed E-state index contributed by atoms with van der Waals surface area (Å²) < 4.78 is 29.7. The molecule has 0 radical (unpaired) electrons. The van der Waals surface area contributed by atoms with Gasteiger partial charge in [0.1, 0.15) is 17.2 Å². The average Bonchev–Trinajstić information content (AvgIpc) is 3.39. The van der Waals surface area contributed by atoms with Crippen LogP contribution in [-0.4, -0.2) is 37.6 Å². The minimum Gasteiger partial charge on any atom is -0.350 e. The molecule has 0 spiro atoms. The van der Waals surface area contributed by atoms with E-state index in [1.54, 1.807) is 6.07 Å². The molecule has 0 bridgehead atoms. The zero-order valence-electron chi connectivity index (χ0n) is 22.8. The molecule has 0 unspecified atom stereocenters. The summed E-state index contributed by atoms with van der Waals surface area (Å²) in [5, 5.41) is 9.76. The van der Waals surface area contributed by atoms with E-state index in [4.69, 9.17) is 16.6 Å². The number of aromatic nitrogens is 4. The Hall–Kier alpha value is -4.18. The maximum absolute atomic E-state index is 14.3. The predicted octanol–water partition coefficient (Wildman–Crippen LogP) is 6.36. The van der Waals surface area contributed by atoms with Gasteiger partial charge in [-0.3, -0.25) is 9.59 Å². The summed E-state index contributed by atoms with van der Waals surface area (Å²) in [6, 6.07) is 13.4. The normalized spacial score (nSPS) is 13.1. The minimum absolute atomic E-state index is 0.0102. The van der Waals surface area contributed by atoms with Gasteiger partial charge in [-0.25, -0.2) is 14.6 Å². The largest absolute Gasteiger partial charge is 0.350 e. The second-order valence-corrected chi connectivity index (χ2v) is 10.7. The number of anilines is 1. The van der Waals surface area contributed by atoms with Crippen molar-refractivity contribution >= 4 is 29.2 Å². The Morgan fingerprint density at radius 3 is 2.46 bits per heavy atom. The van der Waals surface area contributed by atoms with E-state index < -0.39 is 23.4 Å². The van der Waals surface area contributed by atoms with Crippen LogP contribution in [0.2, 0.25) is 5.02 Å². The Kier molecular flexibility index (Phi) is 7.86. The van der Waals surface area contributed by atoms with Crippen molar-refractivity contribution in [2.45, 2.75) is 58.4 Å². The topological polar surface area (TPSA) is 102 Å². The minimum atomic E-state index is -3.34. The number of carbonyl (C=O) groups excluding carboxylic acids is 2. The molecule has 1 aliphatic rings. The van der Waals surface area contributed by atoms with Crippen LogP contribution >= 0.6 is 11.6 Å². The number of amides is 2. The van der Waals surface area contributed by atoms with Crippen molar-refractivity contribution in [3.05, 3.63) is 88.0 Å². The molecule has 5 rings (SSSR count). The van der Waals surface area contributed by atoms with Crippen LogP contribution in [0, 0.1) is 0 Å². The third-order valence-electron chi connectivity index (χ3n) is 6.75. The number of rotatable bonds is 7. The molecule has 212 valence electrons. The van der Waals surface area contributed by atoms with Gasteiger partial charge in [0.2, 0.25) is 0 Å². The van der Waals surface area contributed by atoms with Gasteiger partial charge in [0.15, 0.2) is 5.82 Å². The van der Waals surface area contributed by atoms with Crippen molar-refractivity contribution in [3.8, 4) is 16.9 Å². The monoisotopic (exact) mass is 578 g/mol. The molecule has 0 saturated heterocycles. The fourth-order valence-electron chi connectivity index (χ4n) is 4.94. The summed E-state index contributed by atoms with van der Waals surface area (Å²) >= 11 is 6.29. The third kappa shape index (κ3) is 5.83. The first-order chi connectivity index (χ1) is 19.5. The summed E-state index contributed by atoms with van der Waals surface area (Å²) in [5.74, 6) is -4.49. The van der Waals surface area contributed by atoms with Gasteiger partial charge < -0.3 is 10.6 Å². The number of halogens is 3. The van der Waals surface area contributed by atoms with E-state index in [2.05, 4.69) is 20.7 Å². The first-order valence-corrected chi connectivity index (χ1v) is 13.7. The molecule has 1 aromatic carbocycles.